The van der Waals surface area contributed by atoms with Gasteiger partial charge in [-0.1, -0.05) is 0 Å². The molecule has 1 aromatic heterocycles. The zero-order chi connectivity index (χ0) is 13.9. The highest BCUT2D eigenvalue weighted by atomic mass is 19.1. The minimum absolute atomic E-state index is 0.0208. The molecule has 108 valence electrons. The standard InChI is InChI=1S/C14H18FN3O2/c15-10-3-1-7-18(9-10)14(19)11-4-2-8-20-13(11)12-5-6-16-17-12/h3,5-6,11,13H,1-2,4,7-9H2,(H,16,17)/t11-,13-/m1/s1. The number of carbonyl (C=O) groups excluding carboxylic acids is 1. The predicted molar refractivity (Wildman–Crippen MR) is 70.4 cm³/mol. The molecule has 2 atom stereocenters. The van der Waals surface area contributed by atoms with Crippen molar-refractivity contribution in [2.75, 3.05) is 19.7 Å². The first-order valence-corrected chi connectivity index (χ1v) is 7.00. The number of H-pyrrole nitrogens is 1. The third kappa shape index (κ3) is 2.60. The second-order valence-corrected chi connectivity index (χ2v) is 5.25. The van der Waals surface area contributed by atoms with Gasteiger partial charge in [0.25, 0.3) is 0 Å². The molecule has 3 heterocycles. The number of aromatic nitrogens is 2. The fourth-order valence-corrected chi connectivity index (χ4v) is 2.89. The molecule has 0 spiro atoms. The molecule has 0 saturated carbocycles. The molecule has 20 heavy (non-hydrogen) atoms. The van der Waals surface area contributed by atoms with E-state index in [-0.39, 0.29) is 30.3 Å². The summed E-state index contributed by atoms with van der Waals surface area (Å²) >= 11 is 0. The summed E-state index contributed by atoms with van der Waals surface area (Å²) < 4.78 is 19.1. The number of halogens is 1. The maximum absolute atomic E-state index is 13.4. The Labute approximate surface area is 116 Å². The SMILES string of the molecule is O=C([C@@H]1CCCO[C@H]1c1ccn[nH]1)N1CCC=C(F)C1. The molecule has 0 radical (unpaired) electrons. The van der Waals surface area contributed by atoms with Crippen LogP contribution in [0, 0.1) is 5.92 Å². The second kappa shape index (κ2) is 5.75. The van der Waals surface area contributed by atoms with Crippen molar-refractivity contribution in [1.82, 2.24) is 15.1 Å². The molecule has 1 saturated heterocycles. The summed E-state index contributed by atoms with van der Waals surface area (Å²) in [6.45, 7) is 1.31. The molecule has 2 aliphatic rings. The Bertz CT molecular complexity index is 501. The van der Waals surface area contributed by atoms with Crippen LogP contribution in [0.25, 0.3) is 0 Å². The molecule has 1 aromatic rings. The zero-order valence-electron chi connectivity index (χ0n) is 11.2. The Morgan fingerprint density at radius 1 is 1.55 bits per heavy atom. The summed E-state index contributed by atoms with van der Waals surface area (Å²) in [6, 6.07) is 1.83. The van der Waals surface area contributed by atoms with Crippen LogP contribution < -0.4 is 0 Å². The van der Waals surface area contributed by atoms with Crippen LogP contribution in [-0.4, -0.2) is 40.7 Å². The molecular formula is C14H18FN3O2. The Hall–Kier alpha value is -1.69. The average molecular weight is 279 g/mol. The minimum atomic E-state index is -0.298. The van der Waals surface area contributed by atoms with Crippen LogP contribution >= 0.6 is 0 Å². The molecule has 3 rings (SSSR count). The Kier molecular flexibility index (Phi) is 3.82. The van der Waals surface area contributed by atoms with E-state index in [0.717, 1.165) is 18.5 Å². The van der Waals surface area contributed by atoms with Crippen molar-refractivity contribution < 1.29 is 13.9 Å². The number of nitrogens with zero attached hydrogens (tertiary/aromatic N) is 2. The highest BCUT2D eigenvalue weighted by Gasteiger charge is 2.36. The number of rotatable bonds is 2. The number of amides is 1. The van der Waals surface area contributed by atoms with E-state index in [4.69, 9.17) is 4.74 Å². The summed E-state index contributed by atoms with van der Waals surface area (Å²) in [5.74, 6) is -0.498. The van der Waals surface area contributed by atoms with Gasteiger partial charge in [-0.05, 0) is 31.4 Å². The van der Waals surface area contributed by atoms with E-state index in [9.17, 15) is 9.18 Å². The fraction of sp³-hybridized carbons (Fsp3) is 0.571. The summed E-state index contributed by atoms with van der Waals surface area (Å²) in [5.41, 5.74) is 0.816. The largest absolute Gasteiger partial charge is 0.371 e. The molecule has 1 amide bonds. The Morgan fingerprint density at radius 2 is 2.45 bits per heavy atom. The Morgan fingerprint density at radius 3 is 3.20 bits per heavy atom. The number of carbonyl (C=O) groups is 1. The van der Waals surface area contributed by atoms with E-state index in [0.29, 0.717) is 19.6 Å². The van der Waals surface area contributed by atoms with Crippen molar-refractivity contribution in [2.24, 2.45) is 5.92 Å². The van der Waals surface area contributed by atoms with Gasteiger partial charge < -0.3 is 9.64 Å². The first kappa shape index (κ1) is 13.3. The van der Waals surface area contributed by atoms with E-state index in [2.05, 4.69) is 10.2 Å². The van der Waals surface area contributed by atoms with Gasteiger partial charge in [0.1, 0.15) is 11.9 Å². The molecule has 1 fully saturated rings. The summed E-state index contributed by atoms with van der Waals surface area (Å²) in [6.07, 6.45) is 5.11. The molecule has 2 aliphatic heterocycles. The lowest BCUT2D eigenvalue weighted by molar-refractivity contribution is -0.145. The van der Waals surface area contributed by atoms with Crippen LogP contribution in [0.2, 0.25) is 0 Å². The van der Waals surface area contributed by atoms with Crippen LogP contribution in [0.15, 0.2) is 24.2 Å². The van der Waals surface area contributed by atoms with Crippen LogP contribution in [0.3, 0.4) is 0 Å². The molecule has 0 aromatic carbocycles. The topological polar surface area (TPSA) is 58.2 Å². The van der Waals surface area contributed by atoms with Crippen LogP contribution in [0.5, 0.6) is 0 Å². The molecule has 0 unspecified atom stereocenters. The lowest BCUT2D eigenvalue weighted by Crippen LogP contribution is -2.43. The third-order valence-corrected chi connectivity index (χ3v) is 3.89. The van der Waals surface area contributed by atoms with Gasteiger partial charge in [-0.15, -0.1) is 0 Å². The second-order valence-electron chi connectivity index (χ2n) is 5.25. The fourth-order valence-electron chi connectivity index (χ4n) is 2.89. The lowest BCUT2D eigenvalue weighted by Gasteiger charge is -2.35. The first-order chi connectivity index (χ1) is 9.75. The number of hydrogen-bond acceptors (Lipinski definition) is 3. The van der Waals surface area contributed by atoms with Gasteiger partial charge in [0.15, 0.2) is 0 Å². The minimum Gasteiger partial charge on any atom is -0.371 e. The highest BCUT2D eigenvalue weighted by Crippen LogP contribution is 2.34. The molecule has 0 bridgehead atoms. The summed E-state index contributed by atoms with van der Waals surface area (Å²) in [5, 5.41) is 6.79. The smallest absolute Gasteiger partial charge is 0.229 e. The average Bonchev–Trinajstić information content (AvgIpc) is 3.00. The summed E-state index contributed by atoms with van der Waals surface area (Å²) in [4.78, 5) is 14.2. The van der Waals surface area contributed by atoms with Gasteiger partial charge in [0, 0.05) is 19.3 Å². The number of nitrogens with one attached hydrogen (secondary N) is 1. The quantitative estimate of drug-likeness (QED) is 0.900. The van der Waals surface area contributed by atoms with Gasteiger partial charge in [-0.25, -0.2) is 4.39 Å². The van der Waals surface area contributed by atoms with E-state index in [1.165, 1.54) is 0 Å². The van der Waals surface area contributed by atoms with Crippen molar-refractivity contribution in [3.8, 4) is 0 Å². The third-order valence-electron chi connectivity index (χ3n) is 3.89. The van der Waals surface area contributed by atoms with Crippen molar-refractivity contribution in [2.45, 2.75) is 25.4 Å². The van der Waals surface area contributed by atoms with E-state index >= 15 is 0 Å². The van der Waals surface area contributed by atoms with E-state index < -0.39 is 0 Å². The van der Waals surface area contributed by atoms with Crippen molar-refractivity contribution in [3.63, 3.8) is 0 Å². The zero-order valence-corrected chi connectivity index (χ0v) is 11.2. The van der Waals surface area contributed by atoms with Crippen LogP contribution in [0.4, 0.5) is 4.39 Å². The maximum Gasteiger partial charge on any atom is 0.229 e. The van der Waals surface area contributed by atoms with Gasteiger partial charge >= 0.3 is 0 Å². The van der Waals surface area contributed by atoms with Gasteiger partial charge in [-0.3, -0.25) is 9.89 Å². The highest BCUT2D eigenvalue weighted by molar-refractivity contribution is 5.80. The van der Waals surface area contributed by atoms with Gasteiger partial charge in [0.2, 0.25) is 5.91 Å². The van der Waals surface area contributed by atoms with E-state index in [1.807, 2.05) is 6.07 Å². The number of aromatic amines is 1. The normalized spacial score (nSPS) is 27.2. The van der Waals surface area contributed by atoms with Gasteiger partial charge in [0.05, 0.1) is 18.2 Å². The maximum atomic E-state index is 13.4. The van der Waals surface area contributed by atoms with Crippen LogP contribution in [-0.2, 0) is 9.53 Å². The van der Waals surface area contributed by atoms with Crippen molar-refractivity contribution in [1.29, 1.82) is 0 Å². The number of hydrogen-bond donors (Lipinski definition) is 1. The molecule has 6 heteroatoms. The van der Waals surface area contributed by atoms with Crippen molar-refractivity contribution in [3.05, 3.63) is 29.9 Å². The monoisotopic (exact) mass is 279 g/mol. The molecule has 1 N–H and O–H groups in total. The Balaban J connectivity index is 1.76. The van der Waals surface area contributed by atoms with Gasteiger partial charge in [-0.2, -0.15) is 5.10 Å². The van der Waals surface area contributed by atoms with Crippen LogP contribution in [0.1, 0.15) is 31.1 Å². The molecule has 5 nitrogen and oxygen atoms in total. The first-order valence-electron chi connectivity index (χ1n) is 7.00. The molecule has 0 aliphatic carbocycles. The predicted octanol–water partition coefficient (Wildman–Crippen LogP) is 1.96. The summed E-state index contributed by atoms with van der Waals surface area (Å²) in [7, 11) is 0. The molecular weight excluding hydrogens is 261 g/mol. The lowest BCUT2D eigenvalue weighted by atomic mass is 9.90. The van der Waals surface area contributed by atoms with Crippen molar-refractivity contribution >= 4 is 5.91 Å². The van der Waals surface area contributed by atoms with E-state index in [1.54, 1.807) is 17.2 Å². The number of ether oxygens (including phenoxy) is 1.